The summed E-state index contributed by atoms with van der Waals surface area (Å²) in [5.74, 6) is -0.0739. The molecule has 0 amide bonds. The smallest absolute Gasteiger partial charge is 0.227 e. The first-order valence-corrected chi connectivity index (χ1v) is 5.32. The number of halogens is 1. The Morgan fingerprint density at radius 3 is 2.88 bits per heavy atom. The Kier molecular flexibility index (Phi) is 3.04. The van der Waals surface area contributed by atoms with E-state index in [1.807, 2.05) is 0 Å². The molecular formula is C13H13FO2. The number of ketones is 1. The Labute approximate surface area is 93.7 Å². The maximum Gasteiger partial charge on any atom is 0.227 e. The van der Waals surface area contributed by atoms with E-state index in [4.69, 9.17) is 4.74 Å². The summed E-state index contributed by atoms with van der Waals surface area (Å²) in [5, 5.41) is 0. The number of Topliss-reactive ketones (excluding diaryl/α,β-unsaturated/α-hetero) is 1. The Morgan fingerprint density at radius 1 is 1.44 bits per heavy atom. The Bertz CT molecular complexity index is 449. The van der Waals surface area contributed by atoms with E-state index in [-0.39, 0.29) is 11.6 Å². The molecular weight excluding hydrogens is 207 g/mol. The molecule has 1 aromatic rings. The molecule has 1 aliphatic rings. The number of rotatable bonds is 2. The molecule has 0 N–H and O–H groups in total. The number of hydrogen-bond donors (Lipinski definition) is 0. The lowest BCUT2D eigenvalue weighted by Gasteiger charge is -2.13. The first-order valence-electron chi connectivity index (χ1n) is 5.32. The summed E-state index contributed by atoms with van der Waals surface area (Å²) in [6.45, 7) is 2.22. The van der Waals surface area contributed by atoms with Crippen molar-refractivity contribution in [1.29, 1.82) is 0 Å². The van der Waals surface area contributed by atoms with E-state index in [1.165, 1.54) is 12.1 Å². The van der Waals surface area contributed by atoms with Crippen LogP contribution in [-0.4, -0.2) is 12.4 Å². The van der Waals surface area contributed by atoms with E-state index in [0.717, 1.165) is 12.8 Å². The normalized spacial score (nSPS) is 15.2. The SMILES string of the molecule is Cc1cc(C(=O)C2=CCCCO2)ccc1F. The number of ether oxygens (including phenoxy) is 1. The minimum atomic E-state index is -0.296. The highest BCUT2D eigenvalue weighted by molar-refractivity contribution is 6.07. The van der Waals surface area contributed by atoms with Crippen molar-refractivity contribution in [2.45, 2.75) is 19.8 Å². The van der Waals surface area contributed by atoms with Gasteiger partial charge in [-0.1, -0.05) is 0 Å². The second-order valence-corrected chi connectivity index (χ2v) is 3.85. The lowest BCUT2D eigenvalue weighted by molar-refractivity contribution is 0.0899. The van der Waals surface area contributed by atoms with Crippen molar-refractivity contribution in [2.75, 3.05) is 6.61 Å². The summed E-state index contributed by atoms with van der Waals surface area (Å²) in [7, 11) is 0. The molecule has 16 heavy (non-hydrogen) atoms. The third-order valence-corrected chi connectivity index (χ3v) is 2.58. The van der Waals surface area contributed by atoms with Gasteiger partial charge in [-0.15, -0.1) is 0 Å². The van der Waals surface area contributed by atoms with Crippen molar-refractivity contribution < 1.29 is 13.9 Å². The quantitative estimate of drug-likeness (QED) is 0.716. The molecule has 0 spiro atoms. The lowest BCUT2D eigenvalue weighted by atomic mass is 10.0. The minimum absolute atomic E-state index is 0.164. The van der Waals surface area contributed by atoms with Crippen molar-refractivity contribution in [1.82, 2.24) is 0 Å². The molecule has 2 rings (SSSR count). The monoisotopic (exact) mass is 220 g/mol. The Hall–Kier alpha value is -1.64. The van der Waals surface area contributed by atoms with Gasteiger partial charge in [-0.2, -0.15) is 0 Å². The molecule has 0 aromatic heterocycles. The summed E-state index contributed by atoms with van der Waals surface area (Å²) in [5.41, 5.74) is 0.953. The van der Waals surface area contributed by atoms with Crippen LogP contribution in [-0.2, 0) is 4.74 Å². The third kappa shape index (κ3) is 2.13. The van der Waals surface area contributed by atoms with Crippen molar-refractivity contribution in [2.24, 2.45) is 0 Å². The number of carbonyl (C=O) groups excluding carboxylic acids is 1. The van der Waals surface area contributed by atoms with E-state index < -0.39 is 0 Å². The van der Waals surface area contributed by atoms with Crippen LogP contribution in [0.3, 0.4) is 0 Å². The van der Waals surface area contributed by atoms with Gasteiger partial charge in [0.1, 0.15) is 5.82 Å². The molecule has 0 unspecified atom stereocenters. The number of aryl methyl sites for hydroxylation is 1. The molecule has 0 fully saturated rings. The average Bonchev–Trinajstić information content (AvgIpc) is 2.33. The van der Waals surface area contributed by atoms with Gasteiger partial charge >= 0.3 is 0 Å². The van der Waals surface area contributed by atoms with Gasteiger partial charge in [-0.05, 0) is 49.6 Å². The first-order chi connectivity index (χ1) is 7.68. The van der Waals surface area contributed by atoms with Gasteiger partial charge < -0.3 is 4.74 Å². The van der Waals surface area contributed by atoms with Crippen LogP contribution in [0.4, 0.5) is 4.39 Å². The first kappa shape index (κ1) is 10.9. The number of benzene rings is 1. The minimum Gasteiger partial charge on any atom is -0.490 e. The van der Waals surface area contributed by atoms with Gasteiger partial charge in [-0.3, -0.25) is 4.79 Å². The zero-order chi connectivity index (χ0) is 11.5. The maximum absolute atomic E-state index is 13.0. The molecule has 0 atom stereocenters. The van der Waals surface area contributed by atoms with Gasteiger partial charge in [0, 0.05) is 5.56 Å². The molecule has 84 valence electrons. The molecule has 0 aliphatic carbocycles. The lowest BCUT2D eigenvalue weighted by Crippen LogP contribution is -2.11. The number of hydrogen-bond acceptors (Lipinski definition) is 2. The van der Waals surface area contributed by atoms with Gasteiger partial charge in [-0.25, -0.2) is 4.39 Å². The van der Waals surface area contributed by atoms with Gasteiger partial charge in [0.2, 0.25) is 5.78 Å². The van der Waals surface area contributed by atoms with Crippen molar-refractivity contribution in [3.8, 4) is 0 Å². The zero-order valence-electron chi connectivity index (χ0n) is 9.13. The fourth-order valence-electron chi connectivity index (χ4n) is 1.64. The van der Waals surface area contributed by atoms with E-state index in [9.17, 15) is 9.18 Å². The molecule has 2 nitrogen and oxygen atoms in total. The highest BCUT2D eigenvalue weighted by Crippen LogP contribution is 2.17. The molecule has 0 bridgehead atoms. The van der Waals surface area contributed by atoms with E-state index in [0.29, 0.717) is 23.5 Å². The van der Waals surface area contributed by atoms with E-state index in [1.54, 1.807) is 19.1 Å². The Morgan fingerprint density at radius 2 is 2.25 bits per heavy atom. The highest BCUT2D eigenvalue weighted by atomic mass is 19.1. The molecule has 0 saturated heterocycles. The Balaban J connectivity index is 2.26. The topological polar surface area (TPSA) is 26.3 Å². The second-order valence-electron chi connectivity index (χ2n) is 3.85. The standard InChI is InChI=1S/C13H13FO2/c1-9-8-10(5-6-11(9)14)13(15)12-4-2-3-7-16-12/h4-6,8H,2-3,7H2,1H3. The van der Waals surface area contributed by atoms with Crippen LogP contribution < -0.4 is 0 Å². The average molecular weight is 220 g/mol. The third-order valence-electron chi connectivity index (χ3n) is 2.58. The van der Waals surface area contributed by atoms with Crippen LogP contribution in [0.1, 0.15) is 28.8 Å². The molecule has 1 aromatic carbocycles. The van der Waals surface area contributed by atoms with Crippen LogP contribution in [0.15, 0.2) is 30.0 Å². The molecule has 1 aliphatic heterocycles. The summed E-state index contributed by atoms with van der Waals surface area (Å²) < 4.78 is 18.3. The van der Waals surface area contributed by atoms with E-state index in [2.05, 4.69) is 0 Å². The summed E-state index contributed by atoms with van der Waals surface area (Å²) in [6, 6.07) is 4.35. The van der Waals surface area contributed by atoms with Crippen molar-refractivity contribution in [3.05, 3.63) is 47.0 Å². The summed E-state index contributed by atoms with van der Waals surface area (Å²) >= 11 is 0. The van der Waals surface area contributed by atoms with Gasteiger partial charge in [0.25, 0.3) is 0 Å². The van der Waals surface area contributed by atoms with Crippen LogP contribution in [0, 0.1) is 12.7 Å². The van der Waals surface area contributed by atoms with Crippen molar-refractivity contribution in [3.63, 3.8) is 0 Å². The molecule has 0 saturated carbocycles. The fraction of sp³-hybridized carbons (Fsp3) is 0.308. The maximum atomic E-state index is 13.0. The molecule has 0 radical (unpaired) electrons. The number of allylic oxidation sites excluding steroid dienone is 2. The predicted molar refractivity (Wildman–Crippen MR) is 58.7 cm³/mol. The van der Waals surface area contributed by atoms with Gasteiger partial charge in [0.05, 0.1) is 6.61 Å². The molecule has 3 heteroatoms. The van der Waals surface area contributed by atoms with Crippen LogP contribution >= 0.6 is 0 Å². The summed E-state index contributed by atoms with van der Waals surface area (Å²) in [4.78, 5) is 11.9. The van der Waals surface area contributed by atoms with Crippen molar-refractivity contribution >= 4 is 5.78 Å². The summed E-state index contributed by atoms with van der Waals surface area (Å²) in [6.07, 6.45) is 3.60. The highest BCUT2D eigenvalue weighted by Gasteiger charge is 2.16. The molecule has 1 heterocycles. The second kappa shape index (κ2) is 4.47. The number of carbonyl (C=O) groups is 1. The predicted octanol–water partition coefficient (Wildman–Crippen LogP) is 3.01. The largest absolute Gasteiger partial charge is 0.490 e. The van der Waals surface area contributed by atoms with Crippen LogP contribution in [0.5, 0.6) is 0 Å². The van der Waals surface area contributed by atoms with Crippen LogP contribution in [0.25, 0.3) is 0 Å². The fourth-order valence-corrected chi connectivity index (χ4v) is 1.64. The zero-order valence-corrected chi connectivity index (χ0v) is 9.13. The van der Waals surface area contributed by atoms with E-state index >= 15 is 0 Å². The van der Waals surface area contributed by atoms with Gasteiger partial charge in [0.15, 0.2) is 5.76 Å². The van der Waals surface area contributed by atoms with Crippen LogP contribution in [0.2, 0.25) is 0 Å².